The number of para-hydroxylation sites is 2. The van der Waals surface area contributed by atoms with Crippen LogP contribution in [0, 0.1) is 0 Å². The Bertz CT molecular complexity index is 2330. The molecule has 1 aliphatic rings. The van der Waals surface area contributed by atoms with E-state index in [4.69, 9.17) is 0 Å². The highest BCUT2D eigenvalue weighted by molar-refractivity contribution is 6.20. The number of rotatable bonds is 2. The molecule has 0 saturated carbocycles. The lowest BCUT2D eigenvalue weighted by atomic mass is 9.82. The van der Waals surface area contributed by atoms with E-state index in [1.54, 1.807) is 0 Å². The third-order valence-corrected chi connectivity index (χ3v) is 9.33. The van der Waals surface area contributed by atoms with Crippen molar-refractivity contribution in [3.63, 3.8) is 0 Å². The van der Waals surface area contributed by atoms with Gasteiger partial charge in [0, 0.05) is 39.0 Å². The van der Waals surface area contributed by atoms with Gasteiger partial charge in [-0.25, -0.2) is 0 Å². The number of nitrogens with zero attached hydrogens (tertiary/aromatic N) is 2. The zero-order valence-electron chi connectivity index (χ0n) is 23.1. The quantitative estimate of drug-likeness (QED) is 0.213. The summed E-state index contributed by atoms with van der Waals surface area (Å²) in [6, 6.07) is 46.8. The SMILES string of the molecule is CC1(C)c2ccccc2-c2cc(-n3c4ccccc4c4ccn5c6ccccc6c(-c6ccccc6)c5c43)ccc21. The summed E-state index contributed by atoms with van der Waals surface area (Å²) in [6.45, 7) is 4.69. The molecule has 0 bridgehead atoms. The molecule has 5 aromatic carbocycles. The van der Waals surface area contributed by atoms with Crippen molar-refractivity contribution in [3.8, 4) is 27.9 Å². The van der Waals surface area contributed by atoms with Gasteiger partial charge < -0.3 is 8.97 Å². The number of fused-ring (bicyclic) bond motifs is 10. The zero-order valence-corrected chi connectivity index (χ0v) is 23.1. The number of pyridine rings is 1. The van der Waals surface area contributed by atoms with Crippen molar-refractivity contribution in [2.45, 2.75) is 19.3 Å². The largest absolute Gasteiger partial charge is 0.314 e. The Labute approximate surface area is 238 Å². The fraction of sp³-hybridized carbons (Fsp3) is 0.0769. The molecule has 0 fully saturated rings. The Morgan fingerprint density at radius 2 is 1.20 bits per heavy atom. The van der Waals surface area contributed by atoms with Gasteiger partial charge >= 0.3 is 0 Å². The average Bonchev–Trinajstić information content (AvgIpc) is 3.61. The van der Waals surface area contributed by atoms with Gasteiger partial charge in [0.05, 0.1) is 22.1 Å². The lowest BCUT2D eigenvalue weighted by Crippen LogP contribution is -2.14. The standard InChI is InChI=1S/C39H28N2/c1-39(2)32-17-9-6-14-27(32)31-24-26(20-21-33(31)39)41-35-19-11-7-15-28(35)29-22-23-40-34-18-10-8-16-30(34)36(38(40)37(29)41)25-12-4-3-5-13-25/h3-24H,1-2H3. The fourth-order valence-corrected chi connectivity index (χ4v) is 7.48. The molecular weight excluding hydrogens is 496 g/mol. The van der Waals surface area contributed by atoms with Crippen LogP contribution in [0.5, 0.6) is 0 Å². The van der Waals surface area contributed by atoms with Gasteiger partial charge in [-0.15, -0.1) is 0 Å². The number of benzene rings is 5. The Morgan fingerprint density at radius 1 is 0.512 bits per heavy atom. The van der Waals surface area contributed by atoms with Crippen LogP contribution in [0.3, 0.4) is 0 Å². The van der Waals surface area contributed by atoms with Crippen molar-refractivity contribution in [1.82, 2.24) is 8.97 Å². The maximum atomic E-state index is 2.50. The minimum absolute atomic E-state index is 0.0156. The molecule has 0 radical (unpaired) electrons. The van der Waals surface area contributed by atoms with Crippen LogP contribution in [0.1, 0.15) is 25.0 Å². The molecule has 1 aliphatic carbocycles. The van der Waals surface area contributed by atoms with Gasteiger partial charge in [-0.3, -0.25) is 0 Å². The third kappa shape index (κ3) is 2.92. The van der Waals surface area contributed by atoms with Crippen LogP contribution in [0.2, 0.25) is 0 Å². The molecule has 3 heterocycles. The van der Waals surface area contributed by atoms with Crippen LogP contribution in [-0.4, -0.2) is 8.97 Å². The van der Waals surface area contributed by atoms with Crippen LogP contribution in [-0.2, 0) is 5.41 Å². The lowest BCUT2D eigenvalue weighted by molar-refractivity contribution is 0.660. The van der Waals surface area contributed by atoms with Crippen molar-refractivity contribution >= 4 is 38.2 Å². The highest BCUT2D eigenvalue weighted by Gasteiger charge is 2.35. The second-order valence-corrected chi connectivity index (χ2v) is 11.8. The molecule has 194 valence electrons. The Morgan fingerprint density at radius 3 is 2.05 bits per heavy atom. The van der Waals surface area contributed by atoms with Gasteiger partial charge in [0.2, 0.25) is 0 Å². The van der Waals surface area contributed by atoms with E-state index in [1.807, 2.05) is 0 Å². The summed E-state index contributed by atoms with van der Waals surface area (Å²) in [5, 5.41) is 3.82. The zero-order chi connectivity index (χ0) is 27.3. The Balaban J connectivity index is 1.47. The van der Waals surface area contributed by atoms with E-state index in [0.717, 1.165) is 0 Å². The monoisotopic (exact) mass is 524 g/mol. The molecule has 41 heavy (non-hydrogen) atoms. The lowest BCUT2D eigenvalue weighted by Gasteiger charge is -2.21. The number of aromatic nitrogens is 2. The molecule has 0 saturated heterocycles. The second-order valence-electron chi connectivity index (χ2n) is 11.8. The van der Waals surface area contributed by atoms with Crippen molar-refractivity contribution in [1.29, 1.82) is 0 Å². The molecule has 2 nitrogen and oxygen atoms in total. The molecule has 3 aromatic heterocycles. The van der Waals surface area contributed by atoms with Crippen molar-refractivity contribution in [3.05, 3.63) is 145 Å². The molecular formula is C39H28N2. The molecule has 8 aromatic rings. The molecule has 0 amide bonds. The van der Waals surface area contributed by atoms with E-state index in [2.05, 4.69) is 156 Å². The predicted molar refractivity (Wildman–Crippen MR) is 172 cm³/mol. The van der Waals surface area contributed by atoms with Crippen molar-refractivity contribution in [2.75, 3.05) is 0 Å². The molecule has 0 atom stereocenters. The van der Waals surface area contributed by atoms with Gasteiger partial charge in [0.15, 0.2) is 0 Å². The highest BCUT2D eigenvalue weighted by Crippen LogP contribution is 2.50. The molecule has 9 rings (SSSR count). The maximum absolute atomic E-state index is 2.50. The minimum atomic E-state index is -0.0156. The molecule has 0 aliphatic heterocycles. The summed E-state index contributed by atoms with van der Waals surface area (Å²) in [4.78, 5) is 0. The van der Waals surface area contributed by atoms with Crippen LogP contribution >= 0.6 is 0 Å². The van der Waals surface area contributed by atoms with Crippen LogP contribution < -0.4 is 0 Å². The molecule has 0 unspecified atom stereocenters. The topological polar surface area (TPSA) is 9.34 Å². The van der Waals surface area contributed by atoms with Gasteiger partial charge in [-0.2, -0.15) is 0 Å². The van der Waals surface area contributed by atoms with E-state index in [-0.39, 0.29) is 5.41 Å². The summed E-state index contributed by atoms with van der Waals surface area (Å²) in [7, 11) is 0. The molecule has 0 N–H and O–H groups in total. The van der Waals surface area contributed by atoms with E-state index in [9.17, 15) is 0 Å². The highest BCUT2D eigenvalue weighted by atomic mass is 15.0. The van der Waals surface area contributed by atoms with Gasteiger partial charge in [-0.1, -0.05) is 111 Å². The Kier molecular flexibility index (Phi) is 4.42. The summed E-state index contributed by atoms with van der Waals surface area (Å²) in [5.41, 5.74) is 14.1. The molecule has 0 spiro atoms. The maximum Gasteiger partial charge on any atom is 0.0790 e. The first-order valence-electron chi connectivity index (χ1n) is 14.4. The molecule has 2 heteroatoms. The van der Waals surface area contributed by atoms with E-state index in [0.29, 0.717) is 0 Å². The summed E-state index contributed by atoms with van der Waals surface area (Å²) >= 11 is 0. The van der Waals surface area contributed by atoms with Gasteiger partial charge in [0.1, 0.15) is 0 Å². The first kappa shape index (κ1) is 22.7. The number of hydrogen-bond acceptors (Lipinski definition) is 0. The van der Waals surface area contributed by atoms with E-state index < -0.39 is 0 Å². The van der Waals surface area contributed by atoms with E-state index >= 15 is 0 Å². The minimum Gasteiger partial charge on any atom is -0.314 e. The van der Waals surface area contributed by atoms with Crippen LogP contribution in [0.15, 0.2) is 134 Å². The summed E-state index contributed by atoms with van der Waals surface area (Å²) in [6.07, 6.45) is 2.25. The normalized spacial score (nSPS) is 13.8. The third-order valence-electron chi connectivity index (χ3n) is 9.33. The van der Waals surface area contributed by atoms with Gasteiger partial charge in [0.25, 0.3) is 0 Å². The van der Waals surface area contributed by atoms with Gasteiger partial charge in [-0.05, 0) is 58.1 Å². The van der Waals surface area contributed by atoms with Crippen LogP contribution in [0.25, 0.3) is 66.2 Å². The average molecular weight is 525 g/mol. The number of hydrogen-bond donors (Lipinski definition) is 0. The van der Waals surface area contributed by atoms with Crippen molar-refractivity contribution < 1.29 is 0 Å². The smallest absolute Gasteiger partial charge is 0.0790 e. The summed E-state index contributed by atoms with van der Waals surface area (Å²) < 4.78 is 4.89. The van der Waals surface area contributed by atoms with Crippen LogP contribution in [0.4, 0.5) is 0 Å². The van der Waals surface area contributed by atoms with Crippen molar-refractivity contribution in [2.24, 2.45) is 0 Å². The Hall–Kier alpha value is -5.08. The second kappa shape index (κ2) is 7.99. The summed E-state index contributed by atoms with van der Waals surface area (Å²) in [5.74, 6) is 0. The first-order valence-corrected chi connectivity index (χ1v) is 14.4. The fourth-order valence-electron chi connectivity index (χ4n) is 7.48. The van der Waals surface area contributed by atoms with E-state index in [1.165, 1.54) is 77.3 Å². The first-order chi connectivity index (χ1) is 20.1. The predicted octanol–water partition coefficient (Wildman–Crippen LogP) is 10.2.